The minimum Gasteiger partial charge on any atom is -0.346 e. The van der Waals surface area contributed by atoms with Gasteiger partial charge in [0.1, 0.15) is 0 Å². The van der Waals surface area contributed by atoms with E-state index in [1.165, 1.54) is 4.90 Å². The maximum atomic E-state index is 11.5. The lowest BCUT2D eigenvalue weighted by Gasteiger charge is -2.19. The average Bonchev–Trinajstić information content (AvgIpc) is 2.25. The van der Waals surface area contributed by atoms with Gasteiger partial charge in [0.05, 0.1) is 13.1 Å². The second-order valence-corrected chi connectivity index (χ2v) is 2.86. The molecule has 0 bridgehead atoms. The average molecular weight is 211 g/mol. The fourth-order valence-corrected chi connectivity index (χ4v) is 0.948. The third kappa shape index (κ3) is 5.64. The van der Waals surface area contributed by atoms with Crippen LogP contribution in [0.5, 0.6) is 0 Å². The molecule has 84 valence electrons. The minimum atomic E-state index is -0.347. The van der Waals surface area contributed by atoms with Crippen LogP contribution in [0.25, 0.3) is 0 Å². The predicted molar refractivity (Wildman–Crippen MR) is 59.0 cm³/mol. The van der Waals surface area contributed by atoms with Crippen LogP contribution in [0.15, 0.2) is 25.3 Å². The summed E-state index contributed by atoms with van der Waals surface area (Å²) in [4.78, 5) is 23.9. The highest BCUT2D eigenvalue weighted by atomic mass is 16.2. The minimum absolute atomic E-state index is 0.0439. The molecular weight excluding hydrogens is 194 g/mol. The van der Waals surface area contributed by atoms with Gasteiger partial charge in [-0.25, -0.2) is 0 Å². The lowest BCUT2D eigenvalue weighted by atomic mass is 10.4. The third-order valence-corrected chi connectivity index (χ3v) is 1.67. The molecule has 0 radical (unpaired) electrons. The zero-order chi connectivity index (χ0) is 11.7. The SMILES string of the molecule is C=CCN(CC=C)C(=O)CNC(=O)CN. The van der Waals surface area contributed by atoms with E-state index in [0.29, 0.717) is 13.1 Å². The smallest absolute Gasteiger partial charge is 0.242 e. The Balaban J connectivity index is 4.06. The van der Waals surface area contributed by atoms with Crippen molar-refractivity contribution in [3.63, 3.8) is 0 Å². The second kappa shape index (κ2) is 7.75. The Bertz CT molecular complexity index is 241. The molecule has 0 heterocycles. The standard InChI is InChI=1S/C10H17N3O2/c1-3-5-13(6-4-2)10(15)8-12-9(14)7-11/h3-4H,1-2,5-8,11H2,(H,12,14). The van der Waals surface area contributed by atoms with Gasteiger partial charge in [-0.2, -0.15) is 0 Å². The number of amides is 2. The van der Waals surface area contributed by atoms with Gasteiger partial charge in [0.15, 0.2) is 0 Å². The molecular formula is C10H17N3O2. The van der Waals surface area contributed by atoms with Crippen molar-refractivity contribution >= 4 is 11.8 Å². The van der Waals surface area contributed by atoms with Gasteiger partial charge in [0.2, 0.25) is 11.8 Å². The topological polar surface area (TPSA) is 75.4 Å². The van der Waals surface area contributed by atoms with E-state index in [2.05, 4.69) is 18.5 Å². The van der Waals surface area contributed by atoms with E-state index in [4.69, 9.17) is 5.73 Å². The number of nitrogens with one attached hydrogen (secondary N) is 1. The zero-order valence-electron chi connectivity index (χ0n) is 8.74. The van der Waals surface area contributed by atoms with Crippen LogP contribution in [-0.4, -0.2) is 42.9 Å². The van der Waals surface area contributed by atoms with Gasteiger partial charge in [-0.1, -0.05) is 12.2 Å². The highest BCUT2D eigenvalue weighted by Gasteiger charge is 2.10. The van der Waals surface area contributed by atoms with Crippen molar-refractivity contribution in [3.05, 3.63) is 25.3 Å². The highest BCUT2D eigenvalue weighted by Crippen LogP contribution is 1.90. The van der Waals surface area contributed by atoms with Gasteiger partial charge in [-0.05, 0) is 0 Å². The quantitative estimate of drug-likeness (QED) is 0.545. The van der Waals surface area contributed by atoms with E-state index in [-0.39, 0.29) is 24.9 Å². The summed E-state index contributed by atoms with van der Waals surface area (Å²) in [5, 5.41) is 2.41. The van der Waals surface area contributed by atoms with E-state index in [1.807, 2.05) is 0 Å². The molecule has 0 fully saturated rings. The van der Waals surface area contributed by atoms with Crippen molar-refractivity contribution in [1.82, 2.24) is 10.2 Å². The molecule has 0 aromatic carbocycles. The molecule has 0 spiro atoms. The Morgan fingerprint density at radius 2 is 1.80 bits per heavy atom. The maximum Gasteiger partial charge on any atom is 0.242 e. The van der Waals surface area contributed by atoms with Gasteiger partial charge < -0.3 is 16.0 Å². The molecule has 0 aliphatic carbocycles. The van der Waals surface area contributed by atoms with Crippen molar-refractivity contribution in [2.75, 3.05) is 26.2 Å². The van der Waals surface area contributed by atoms with Crippen LogP contribution in [0.4, 0.5) is 0 Å². The molecule has 0 rings (SSSR count). The first-order valence-corrected chi connectivity index (χ1v) is 4.62. The number of carbonyl (C=O) groups excluding carboxylic acids is 2. The first-order chi connectivity index (χ1) is 7.15. The number of carbonyl (C=O) groups is 2. The molecule has 15 heavy (non-hydrogen) atoms. The number of hydrogen-bond donors (Lipinski definition) is 2. The maximum absolute atomic E-state index is 11.5. The van der Waals surface area contributed by atoms with Crippen LogP contribution in [0.3, 0.4) is 0 Å². The molecule has 0 aromatic rings. The van der Waals surface area contributed by atoms with E-state index >= 15 is 0 Å². The number of nitrogens with two attached hydrogens (primary N) is 1. The van der Waals surface area contributed by atoms with Crippen molar-refractivity contribution in [2.45, 2.75) is 0 Å². The predicted octanol–water partition coefficient (Wildman–Crippen LogP) is -0.738. The molecule has 0 aliphatic heterocycles. The lowest BCUT2D eigenvalue weighted by Crippen LogP contribution is -2.42. The zero-order valence-corrected chi connectivity index (χ0v) is 8.74. The highest BCUT2D eigenvalue weighted by molar-refractivity contribution is 5.85. The Labute approximate surface area is 89.6 Å². The van der Waals surface area contributed by atoms with Crippen LogP contribution in [0.1, 0.15) is 0 Å². The summed E-state index contributed by atoms with van der Waals surface area (Å²) in [6.45, 7) is 7.79. The Kier molecular flexibility index (Phi) is 6.92. The van der Waals surface area contributed by atoms with Gasteiger partial charge in [-0.15, -0.1) is 13.2 Å². The second-order valence-electron chi connectivity index (χ2n) is 2.86. The Morgan fingerprint density at radius 3 is 2.20 bits per heavy atom. The molecule has 0 atom stereocenters. The molecule has 0 aliphatic rings. The summed E-state index contributed by atoms with van der Waals surface area (Å²) in [5.74, 6) is -0.530. The number of rotatable bonds is 7. The molecule has 5 nitrogen and oxygen atoms in total. The molecule has 0 saturated heterocycles. The monoisotopic (exact) mass is 211 g/mol. The Morgan fingerprint density at radius 1 is 1.27 bits per heavy atom. The van der Waals surface area contributed by atoms with Gasteiger partial charge in [0, 0.05) is 13.1 Å². The summed E-state index contributed by atoms with van der Waals surface area (Å²) >= 11 is 0. The summed E-state index contributed by atoms with van der Waals surface area (Å²) < 4.78 is 0. The first kappa shape index (κ1) is 13.4. The van der Waals surface area contributed by atoms with E-state index < -0.39 is 0 Å². The van der Waals surface area contributed by atoms with E-state index in [1.54, 1.807) is 12.2 Å². The fourth-order valence-electron chi connectivity index (χ4n) is 0.948. The molecule has 0 saturated carbocycles. The largest absolute Gasteiger partial charge is 0.346 e. The number of hydrogen-bond acceptors (Lipinski definition) is 3. The van der Waals surface area contributed by atoms with Crippen molar-refractivity contribution in [3.8, 4) is 0 Å². The van der Waals surface area contributed by atoms with Gasteiger partial charge in [0.25, 0.3) is 0 Å². The normalized spacial score (nSPS) is 9.13. The molecule has 0 aromatic heterocycles. The summed E-state index contributed by atoms with van der Waals surface area (Å²) in [7, 11) is 0. The molecule has 5 heteroatoms. The Hall–Kier alpha value is -1.62. The fraction of sp³-hybridized carbons (Fsp3) is 0.400. The lowest BCUT2D eigenvalue weighted by molar-refractivity contribution is -0.131. The first-order valence-electron chi connectivity index (χ1n) is 4.62. The van der Waals surface area contributed by atoms with Crippen LogP contribution < -0.4 is 11.1 Å². The van der Waals surface area contributed by atoms with E-state index in [9.17, 15) is 9.59 Å². The number of nitrogens with zero attached hydrogens (tertiary/aromatic N) is 1. The van der Waals surface area contributed by atoms with Crippen molar-refractivity contribution in [1.29, 1.82) is 0 Å². The summed E-state index contributed by atoms with van der Waals surface area (Å²) in [6, 6.07) is 0. The van der Waals surface area contributed by atoms with E-state index in [0.717, 1.165) is 0 Å². The van der Waals surface area contributed by atoms with Crippen LogP contribution >= 0.6 is 0 Å². The van der Waals surface area contributed by atoms with Crippen molar-refractivity contribution in [2.24, 2.45) is 5.73 Å². The molecule has 0 unspecified atom stereocenters. The summed E-state index contributed by atoms with van der Waals surface area (Å²) in [6.07, 6.45) is 3.23. The molecule has 3 N–H and O–H groups in total. The van der Waals surface area contributed by atoms with Crippen molar-refractivity contribution < 1.29 is 9.59 Å². The summed E-state index contributed by atoms with van der Waals surface area (Å²) in [5.41, 5.74) is 5.08. The molecule has 2 amide bonds. The van der Waals surface area contributed by atoms with Gasteiger partial charge in [-0.3, -0.25) is 9.59 Å². The van der Waals surface area contributed by atoms with Crippen LogP contribution in [0.2, 0.25) is 0 Å². The van der Waals surface area contributed by atoms with Crippen LogP contribution in [-0.2, 0) is 9.59 Å². The van der Waals surface area contributed by atoms with Gasteiger partial charge >= 0.3 is 0 Å². The van der Waals surface area contributed by atoms with Crippen LogP contribution in [0, 0.1) is 0 Å². The third-order valence-electron chi connectivity index (χ3n) is 1.67.